The van der Waals surface area contributed by atoms with Crippen LogP contribution in [0.3, 0.4) is 0 Å². The molecule has 1 amide bonds. The van der Waals surface area contributed by atoms with Crippen molar-refractivity contribution < 1.29 is 14.3 Å². The van der Waals surface area contributed by atoms with Crippen molar-refractivity contribution in [2.24, 2.45) is 0 Å². The molecular formula is C21H26N2O3. The number of ketones is 1. The van der Waals surface area contributed by atoms with Crippen molar-refractivity contribution in [1.29, 1.82) is 0 Å². The molecule has 2 rings (SSSR count). The van der Waals surface area contributed by atoms with Crippen LogP contribution in [0.25, 0.3) is 0 Å². The van der Waals surface area contributed by atoms with E-state index >= 15 is 0 Å². The number of para-hydroxylation sites is 1. The summed E-state index contributed by atoms with van der Waals surface area (Å²) in [6.45, 7) is 6.56. The summed E-state index contributed by atoms with van der Waals surface area (Å²) in [4.78, 5) is 26.2. The van der Waals surface area contributed by atoms with Gasteiger partial charge < -0.3 is 10.1 Å². The normalized spacial score (nSPS) is 11.9. The molecule has 0 saturated carbocycles. The summed E-state index contributed by atoms with van der Waals surface area (Å²) in [5, 5.41) is 2.86. The number of hydrogen-bond acceptors (Lipinski definition) is 4. The molecule has 26 heavy (non-hydrogen) atoms. The zero-order valence-electron chi connectivity index (χ0n) is 15.8. The van der Waals surface area contributed by atoms with E-state index in [9.17, 15) is 9.59 Å². The van der Waals surface area contributed by atoms with Crippen molar-refractivity contribution >= 4 is 17.4 Å². The van der Waals surface area contributed by atoms with Gasteiger partial charge in [0.2, 0.25) is 5.91 Å². The van der Waals surface area contributed by atoms with E-state index < -0.39 is 0 Å². The van der Waals surface area contributed by atoms with Gasteiger partial charge in [-0.05, 0) is 57.6 Å². The smallest absolute Gasteiger partial charge is 0.241 e. The highest BCUT2D eigenvalue weighted by atomic mass is 16.5. The van der Waals surface area contributed by atoms with Crippen LogP contribution < -0.4 is 10.1 Å². The van der Waals surface area contributed by atoms with Crippen molar-refractivity contribution in [3.05, 3.63) is 59.7 Å². The first-order valence-corrected chi connectivity index (χ1v) is 8.75. The van der Waals surface area contributed by atoms with Crippen molar-refractivity contribution in [3.63, 3.8) is 0 Å². The van der Waals surface area contributed by atoms with Gasteiger partial charge in [0.05, 0.1) is 18.3 Å². The van der Waals surface area contributed by atoms with Crippen LogP contribution in [0.2, 0.25) is 0 Å². The van der Waals surface area contributed by atoms with Gasteiger partial charge in [-0.25, -0.2) is 0 Å². The topological polar surface area (TPSA) is 58.6 Å². The third-order valence-corrected chi connectivity index (χ3v) is 4.27. The minimum Gasteiger partial charge on any atom is -0.494 e. The number of amides is 1. The first kappa shape index (κ1) is 19.7. The minimum absolute atomic E-state index is 0.0729. The first-order chi connectivity index (χ1) is 12.4. The molecule has 2 aromatic rings. The zero-order chi connectivity index (χ0) is 19.1. The van der Waals surface area contributed by atoms with Crippen LogP contribution in [0.15, 0.2) is 48.5 Å². The zero-order valence-corrected chi connectivity index (χ0v) is 15.8. The predicted octanol–water partition coefficient (Wildman–Crippen LogP) is 3.75. The van der Waals surface area contributed by atoms with Crippen LogP contribution in [0.1, 0.15) is 36.7 Å². The van der Waals surface area contributed by atoms with Gasteiger partial charge in [-0.15, -0.1) is 0 Å². The maximum absolute atomic E-state index is 12.6. The molecule has 0 spiro atoms. The number of rotatable bonds is 8. The molecule has 1 N–H and O–H groups in total. The molecule has 0 aliphatic carbocycles. The minimum atomic E-state index is -0.346. The monoisotopic (exact) mass is 354 g/mol. The maximum Gasteiger partial charge on any atom is 0.241 e. The molecule has 0 aliphatic heterocycles. The van der Waals surface area contributed by atoms with E-state index in [2.05, 4.69) is 5.32 Å². The lowest BCUT2D eigenvalue weighted by atomic mass is 10.1. The lowest BCUT2D eigenvalue weighted by Gasteiger charge is -2.24. The Labute approximate surface area is 155 Å². The Hall–Kier alpha value is -2.66. The van der Waals surface area contributed by atoms with E-state index in [1.807, 2.05) is 50.1 Å². The Bertz CT molecular complexity index is 756. The van der Waals surface area contributed by atoms with Gasteiger partial charge >= 0.3 is 0 Å². The summed E-state index contributed by atoms with van der Waals surface area (Å²) in [5.74, 6) is 0.619. The lowest BCUT2D eigenvalue weighted by molar-refractivity contribution is -0.120. The average molecular weight is 354 g/mol. The van der Waals surface area contributed by atoms with Gasteiger partial charge in [0.1, 0.15) is 5.75 Å². The van der Waals surface area contributed by atoms with E-state index in [0.29, 0.717) is 24.4 Å². The van der Waals surface area contributed by atoms with Crippen LogP contribution in [-0.2, 0) is 11.3 Å². The fourth-order valence-corrected chi connectivity index (χ4v) is 2.62. The standard InChI is InChI=1S/C21H26N2O3/c1-5-26-18-12-10-17(11-13-18)14-23(4)15(2)21(25)22-20-9-7-6-8-19(20)16(3)24/h6-13,15H,5,14H2,1-4H3,(H,22,25)/t15-/m0/s1. The van der Waals surface area contributed by atoms with E-state index in [0.717, 1.165) is 11.3 Å². The maximum atomic E-state index is 12.6. The van der Waals surface area contributed by atoms with Crippen LogP contribution in [0.4, 0.5) is 5.69 Å². The van der Waals surface area contributed by atoms with Gasteiger partial charge in [-0.1, -0.05) is 24.3 Å². The number of anilines is 1. The molecule has 1 atom stereocenters. The molecule has 0 radical (unpaired) electrons. The Kier molecular flexibility index (Phi) is 6.92. The number of Topliss-reactive ketones (excluding diaryl/α,β-unsaturated/α-hetero) is 1. The quantitative estimate of drug-likeness (QED) is 0.734. The summed E-state index contributed by atoms with van der Waals surface area (Å²) < 4.78 is 5.44. The van der Waals surface area contributed by atoms with Gasteiger partial charge in [0.25, 0.3) is 0 Å². The number of carbonyl (C=O) groups is 2. The number of hydrogen-bond donors (Lipinski definition) is 1. The molecule has 0 heterocycles. The second-order valence-corrected chi connectivity index (χ2v) is 6.26. The summed E-state index contributed by atoms with van der Waals surface area (Å²) in [7, 11) is 1.90. The molecule has 0 aliphatic rings. The third-order valence-electron chi connectivity index (χ3n) is 4.27. The van der Waals surface area contributed by atoms with E-state index in [1.165, 1.54) is 6.92 Å². The highest BCUT2D eigenvalue weighted by Gasteiger charge is 2.19. The summed E-state index contributed by atoms with van der Waals surface area (Å²) >= 11 is 0. The van der Waals surface area contributed by atoms with Gasteiger partial charge in [0.15, 0.2) is 5.78 Å². The van der Waals surface area contributed by atoms with Crippen LogP contribution in [-0.4, -0.2) is 36.3 Å². The van der Waals surface area contributed by atoms with Crippen LogP contribution in [0.5, 0.6) is 5.75 Å². The number of likely N-dealkylation sites (N-methyl/N-ethyl adjacent to an activating group) is 1. The van der Waals surface area contributed by atoms with Crippen molar-refractivity contribution in [2.75, 3.05) is 19.0 Å². The van der Waals surface area contributed by atoms with Gasteiger partial charge in [0, 0.05) is 12.1 Å². The Morgan fingerprint density at radius 1 is 1.12 bits per heavy atom. The molecule has 2 aromatic carbocycles. The molecule has 0 aromatic heterocycles. The van der Waals surface area contributed by atoms with E-state index in [-0.39, 0.29) is 17.7 Å². The van der Waals surface area contributed by atoms with Crippen molar-refractivity contribution in [2.45, 2.75) is 33.4 Å². The van der Waals surface area contributed by atoms with Gasteiger partial charge in [-0.2, -0.15) is 0 Å². The van der Waals surface area contributed by atoms with Gasteiger partial charge in [-0.3, -0.25) is 14.5 Å². The first-order valence-electron chi connectivity index (χ1n) is 8.75. The lowest BCUT2D eigenvalue weighted by Crippen LogP contribution is -2.39. The molecule has 138 valence electrons. The van der Waals surface area contributed by atoms with Crippen LogP contribution >= 0.6 is 0 Å². The fraction of sp³-hybridized carbons (Fsp3) is 0.333. The molecule has 0 unspecified atom stereocenters. The number of nitrogens with zero attached hydrogens (tertiary/aromatic N) is 1. The third kappa shape index (κ3) is 5.17. The predicted molar refractivity (Wildman–Crippen MR) is 104 cm³/mol. The number of benzene rings is 2. The van der Waals surface area contributed by atoms with E-state index in [4.69, 9.17) is 4.74 Å². The molecule has 5 nitrogen and oxygen atoms in total. The highest BCUT2D eigenvalue weighted by Crippen LogP contribution is 2.17. The summed E-state index contributed by atoms with van der Waals surface area (Å²) in [6.07, 6.45) is 0. The van der Waals surface area contributed by atoms with E-state index in [1.54, 1.807) is 24.3 Å². The van der Waals surface area contributed by atoms with Crippen molar-refractivity contribution in [1.82, 2.24) is 4.90 Å². The Morgan fingerprint density at radius 2 is 1.77 bits per heavy atom. The summed E-state index contributed by atoms with van der Waals surface area (Å²) in [6, 6.07) is 14.6. The molecule has 0 fully saturated rings. The Balaban J connectivity index is 2.00. The second-order valence-electron chi connectivity index (χ2n) is 6.26. The largest absolute Gasteiger partial charge is 0.494 e. The van der Waals surface area contributed by atoms with Crippen molar-refractivity contribution in [3.8, 4) is 5.75 Å². The average Bonchev–Trinajstić information content (AvgIpc) is 2.63. The molecule has 5 heteroatoms. The fourth-order valence-electron chi connectivity index (χ4n) is 2.62. The molecule has 0 saturated heterocycles. The van der Waals surface area contributed by atoms with Crippen LogP contribution in [0, 0.1) is 0 Å². The summed E-state index contributed by atoms with van der Waals surface area (Å²) in [5.41, 5.74) is 2.16. The molecule has 0 bridgehead atoms. The number of ether oxygens (including phenoxy) is 1. The highest BCUT2D eigenvalue weighted by molar-refractivity contribution is 6.04. The number of carbonyl (C=O) groups excluding carboxylic acids is 2. The Morgan fingerprint density at radius 3 is 2.38 bits per heavy atom. The number of nitrogens with one attached hydrogen (secondary N) is 1. The SMILES string of the molecule is CCOc1ccc(CN(C)[C@@H](C)C(=O)Nc2ccccc2C(C)=O)cc1. The second kappa shape index (κ2) is 9.15. The molecular weight excluding hydrogens is 328 g/mol.